The molecular formula is C12H19N5O2. The summed E-state index contributed by atoms with van der Waals surface area (Å²) < 4.78 is 1.74. The van der Waals surface area contributed by atoms with Crippen molar-refractivity contribution in [1.82, 2.24) is 25.2 Å². The Bertz CT molecular complexity index is 431. The number of nitrogens with zero attached hydrogens (tertiary/aromatic N) is 4. The average Bonchev–Trinajstić information content (AvgIpc) is 2.99. The summed E-state index contributed by atoms with van der Waals surface area (Å²) in [5.74, 6) is -0.159. The van der Waals surface area contributed by atoms with Crippen molar-refractivity contribution < 1.29 is 9.59 Å². The van der Waals surface area contributed by atoms with Crippen LogP contribution in [0.3, 0.4) is 0 Å². The molecule has 1 aromatic rings. The number of aryl methyl sites for hydroxylation is 1. The molecule has 1 unspecified atom stereocenters. The smallest absolute Gasteiger partial charge is 0.246 e. The van der Waals surface area contributed by atoms with Gasteiger partial charge in [0.1, 0.15) is 0 Å². The Kier molecular flexibility index (Phi) is 4.62. The maximum atomic E-state index is 11.9. The van der Waals surface area contributed by atoms with Crippen molar-refractivity contribution in [2.75, 3.05) is 13.1 Å². The maximum Gasteiger partial charge on any atom is 0.246 e. The molecule has 0 aliphatic carbocycles. The number of nitrogens with one attached hydrogen (secondary N) is 1. The first kappa shape index (κ1) is 13.7. The normalized spacial score (nSPS) is 19.4. The molecule has 0 spiro atoms. The largest absolute Gasteiger partial charge is 0.305 e. The van der Waals surface area contributed by atoms with E-state index in [0.717, 1.165) is 19.4 Å². The number of rotatable bonds is 7. The first-order chi connectivity index (χ1) is 9.22. The van der Waals surface area contributed by atoms with Crippen molar-refractivity contribution in [3.63, 3.8) is 0 Å². The summed E-state index contributed by atoms with van der Waals surface area (Å²) in [7, 11) is 0. The fourth-order valence-electron chi connectivity index (χ4n) is 2.17. The quantitative estimate of drug-likeness (QED) is 0.545. The molecule has 0 saturated carbocycles. The monoisotopic (exact) mass is 265 g/mol. The van der Waals surface area contributed by atoms with E-state index in [9.17, 15) is 9.59 Å². The zero-order chi connectivity index (χ0) is 13.7. The molecule has 1 atom stereocenters. The van der Waals surface area contributed by atoms with Gasteiger partial charge in [-0.1, -0.05) is 12.1 Å². The first-order valence-electron chi connectivity index (χ1n) is 6.64. The van der Waals surface area contributed by atoms with E-state index < -0.39 is 0 Å². The van der Waals surface area contributed by atoms with E-state index in [1.165, 1.54) is 4.90 Å². The highest BCUT2D eigenvalue weighted by molar-refractivity contribution is 6.05. The van der Waals surface area contributed by atoms with Crippen molar-refractivity contribution in [3.05, 3.63) is 12.4 Å². The minimum absolute atomic E-state index is 0.0689. The lowest BCUT2D eigenvalue weighted by Crippen LogP contribution is -2.39. The highest BCUT2D eigenvalue weighted by Crippen LogP contribution is 2.13. The maximum absolute atomic E-state index is 11.9. The van der Waals surface area contributed by atoms with Crippen LogP contribution in [-0.2, 0) is 16.1 Å². The number of likely N-dealkylation sites (tertiary alicyclic amines) is 1. The Balaban J connectivity index is 1.71. The molecule has 2 rings (SSSR count). The van der Waals surface area contributed by atoms with Gasteiger partial charge in [-0.15, -0.1) is 5.10 Å². The van der Waals surface area contributed by atoms with Gasteiger partial charge in [0.05, 0.1) is 18.7 Å². The van der Waals surface area contributed by atoms with Gasteiger partial charge in [-0.05, 0) is 19.4 Å². The molecule has 1 aliphatic heterocycles. The number of aromatic nitrogens is 3. The Morgan fingerprint density at radius 1 is 1.42 bits per heavy atom. The standard InChI is InChI=1S/C12H19N5O2/c1-2-6-17-11(18)9-10(12(17)19)13-4-3-7-16-8-5-14-15-16/h5,8,10,13H,2-4,6-7,9H2,1H3. The van der Waals surface area contributed by atoms with Crippen LogP contribution in [-0.4, -0.2) is 50.8 Å². The average molecular weight is 265 g/mol. The van der Waals surface area contributed by atoms with Crippen LogP contribution in [0.5, 0.6) is 0 Å². The predicted octanol–water partition coefficient (Wildman–Crippen LogP) is -0.205. The summed E-state index contributed by atoms with van der Waals surface area (Å²) in [6, 6.07) is -0.352. The topological polar surface area (TPSA) is 80.1 Å². The second-order valence-corrected chi connectivity index (χ2v) is 4.61. The summed E-state index contributed by atoms with van der Waals surface area (Å²) in [6.07, 6.45) is 5.36. The molecule has 1 aliphatic rings. The minimum Gasteiger partial charge on any atom is -0.305 e. The third-order valence-corrected chi connectivity index (χ3v) is 3.12. The predicted molar refractivity (Wildman–Crippen MR) is 68.1 cm³/mol. The molecule has 19 heavy (non-hydrogen) atoms. The van der Waals surface area contributed by atoms with E-state index in [-0.39, 0.29) is 24.3 Å². The van der Waals surface area contributed by atoms with Gasteiger partial charge in [0.25, 0.3) is 0 Å². The van der Waals surface area contributed by atoms with E-state index in [0.29, 0.717) is 13.1 Å². The SMILES string of the molecule is CCCN1C(=O)CC(NCCCn2ccnn2)C1=O. The van der Waals surface area contributed by atoms with E-state index in [4.69, 9.17) is 0 Å². The van der Waals surface area contributed by atoms with Gasteiger partial charge < -0.3 is 5.32 Å². The van der Waals surface area contributed by atoms with Crippen LogP contribution in [0.1, 0.15) is 26.2 Å². The number of carbonyl (C=O) groups excluding carboxylic acids is 2. The molecule has 1 fully saturated rings. The molecule has 2 amide bonds. The van der Waals surface area contributed by atoms with Crippen molar-refractivity contribution >= 4 is 11.8 Å². The van der Waals surface area contributed by atoms with Crippen molar-refractivity contribution in [2.24, 2.45) is 0 Å². The molecule has 1 saturated heterocycles. The molecule has 0 aromatic carbocycles. The van der Waals surface area contributed by atoms with Crippen molar-refractivity contribution in [3.8, 4) is 0 Å². The van der Waals surface area contributed by atoms with E-state index in [2.05, 4.69) is 15.6 Å². The molecule has 104 valence electrons. The van der Waals surface area contributed by atoms with E-state index in [1.54, 1.807) is 17.1 Å². The van der Waals surface area contributed by atoms with Crippen LogP contribution < -0.4 is 5.32 Å². The molecule has 7 nitrogen and oxygen atoms in total. The van der Waals surface area contributed by atoms with Gasteiger partial charge >= 0.3 is 0 Å². The summed E-state index contributed by atoms with van der Waals surface area (Å²) >= 11 is 0. The van der Waals surface area contributed by atoms with Crippen LogP contribution in [0.4, 0.5) is 0 Å². The zero-order valence-corrected chi connectivity index (χ0v) is 11.1. The zero-order valence-electron chi connectivity index (χ0n) is 11.1. The van der Waals surface area contributed by atoms with Crippen LogP contribution in [0, 0.1) is 0 Å². The molecule has 2 heterocycles. The lowest BCUT2D eigenvalue weighted by atomic mass is 10.2. The molecule has 0 bridgehead atoms. The number of amides is 2. The van der Waals surface area contributed by atoms with Gasteiger partial charge in [-0.2, -0.15) is 0 Å². The number of hydrogen-bond acceptors (Lipinski definition) is 5. The van der Waals surface area contributed by atoms with Crippen molar-refractivity contribution in [1.29, 1.82) is 0 Å². The van der Waals surface area contributed by atoms with E-state index in [1.807, 2.05) is 6.92 Å². The third-order valence-electron chi connectivity index (χ3n) is 3.12. The van der Waals surface area contributed by atoms with Crippen LogP contribution in [0.25, 0.3) is 0 Å². The fourth-order valence-corrected chi connectivity index (χ4v) is 2.17. The number of carbonyl (C=O) groups is 2. The van der Waals surface area contributed by atoms with Crippen molar-refractivity contribution in [2.45, 2.75) is 38.8 Å². The summed E-state index contributed by atoms with van der Waals surface area (Å²) in [4.78, 5) is 24.9. The molecule has 1 aromatic heterocycles. The van der Waals surface area contributed by atoms with Gasteiger partial charge in [-0.3, -0.25) is 19.2 Å². The second kappa shape index (κ2) is 6.42. The van der Waals surface area contributed by atoms with Crippen LogP contribution in [0.2, 0.25) is 0 Å². The fraction of sp³-hybridized carbons (Fsp3) is 0.667. The van der Waals surface area contributed by atoms with Crippen LogP contribution in [0.15, 0.2) is 12.4 Å². The summed E-state index contributed by atoms with van der Waals surface area (Å²) in [5, 5.41) is 10.7. The summed E-state index contributed by atoms with van der Waals surface area (Å²) in [6.45, 7) is 3.91. The number of imide groups is 1. The van der Waals surface area contributed by atoms with Gasteiger partial charge in [-0.25, -0.2) is 0 Å². The van der Waals surface area contributed by atoms with E-state index >= 15 is 0 Å². The molecular weight excluding hydrogens is 246 g/mol. The summed E-state index contributed by atoms with van der Waals surface area (Å²) in [5.41, 5.74) is 0. The third kappa shape index (κ3) is 3.37. The lowest BCUT2D eigenvalue weighted by molar-refractivity contribution is -0.138. The molecule has 1 N–H and O–H groups in total. The lowest BCUT2D eigenvalue weighted by Gasteiger charge is -2.14. The second-order valence-electron chi connectivity index (χ2n) is 4.61. The van der Waals surface area contributed by atoms with Gasteiger partial charge in [0.2, 0.25) is 11.8 Å². The Labute approximate surface area is 112 Å². The molecule has 7 heteroatoms. The Morgan fingerprint density at radius 2 is 2.26 bits per heavy atom. The molecule has 0 radical (unpaired) electrons. The number of hydrogen-bond donors (Lipinski definition) is 1. The van der Waals surface area contributed by atoms with Crippen LogP contribution >= 0.6 is 0 Å². The first-order valence-corrected chi connectivity index (χ1v) is 6.64. The highest BCUT2D eigenvalue weighted by Gasteiger charge is 2.37. The Hall–Kier alpha value is -1.76. The van der Waals surface area contributed by atoms with Gasteiger partial charge in [0, 0.05) is 19.3 Å². The van der Waals surface area contributed by atoms with Gasteiger partial charge in [0.15, 0.2) is 0 Å². The minimum atomic E-state index is -0.352. The highest BCUT2D eigenvalue weighted by atomic mass is 16.2. The Morgan fingerprint density at radius 3 is 2.95 bits per heavy atom.